The normalized spacial score (nSPS) is 11.4. The van der Waals surface area contributed by atoms with Crippen molar-refractivity contribution in [3.8, 4) is 0 Å². The molecule has 2 heterocycles. The zero-order valence-electron chi connectivity index (χ0n) is 18.7. The first-order valence-corrected chi connectivity index (χ1v) is 12.0. The third-order valence-corrected chi connectivity index (χ3v) is 7.02. The van der Waals surface area contributed by atoms with Crippen LogP contribution in [-0.2, 0) is 6.54 Å². The molecule has 0 aliphatic rings. The molecule has 5 rings (SSSR count). The van der Waals surface area contributed by atoms with Crippen LogP contribution in [0, 0.1) is 20.8 Å². The number of amides is 1. The van der Waals surface area contributed by atoms with Crippen LogP contribution in [0.2, 0.25) is 5.02 Å². The lowest BCUT2D eigenvalue weighted by atomic mass is 10.0. The van der Waals surface area contributed by atoms with Crippen molar-refractivity contribution in [1.82, 2.24) is 14.8 Å². The highest BCUT2D eigenvalue weighted by molar-refractivity contribution is 7.22. The fourth-order valence-corrected chi connectivity index (χ4v) is 5.64. The minimum Gasteiger partial charge on any atom is -0.282 e. The van der Waals surface area contributed by atoms with Gasteiger partial charge < -0.3 is 0 Å². The summed E-state index contributed by atoms with van der Waals surface area (Å²) >= 11 is 7.77. The van der Waals surface area contributed by atoms with E-state index in [1.165, 1.54) is 11.3 Å². The van der Waals surface area contributed by atoms with Gasteiger partial charge in [0.15, 0.2) is 5.13 Å². The smallest absolute Gasteiger partial charge is 0.260 e. The summed E-state index contributed by atoms with van der Waals surface area (Å²) in [6.07, 6.45) is 0. The predicted molar refractivity (Wildman–Crippen MR) is 137 cm³/mol. The Labute approximate surface area is 201 Å². The molecule has 0 aliphatic carbocycles. The summed E-state index contributed by atoms with van der Waals surface area (Å²) in [5, 5.41) is 7.87. The molecule has 0 unspecified atom stereocenters. The molecule has 0 saturated heterocycles. The van der Waals surface area contributed by atoms with Gasteiger partial charge in [-0.25, -0.2) is 4.98 Å². The van der Waals surface area contributed by atoms with Gasteiger partial charge >= 0.3 is 0 Å². The summed E-state index contributed by atoms with van der Waals surface area (Å²) in [6.45, 7) is 7.02. The second-order valence-corrected chi connectivity index (χ2v) is 9.65. The summed E-state index contributed by atoms with van der Waals surface area (Å²) < 4.78 is 2.91. The van der Waals surface area contributed by atoms with Crippen molar-refractivity contribution in [3.05, 3.63) is 88.2 Å². The molecule has 2 aromatic heterocycles. The van der Waals surface area contributed by atoms with Gasteiger partial charge in [-0.3, -0.25) is 14.4 Å². The predicted octanol–water partition coefficient (Wildman–Crippen LogP) is 6.57. The molecule has 1 amide bonds. The van der Waals surface area contributed by atoms with Gasteiger partial charge in [-0.2, -0.15) is 5.10 Å². The molecule has 0 N–H and O–H groups in total. The zero-order chi connectivity index (χ0) is 23.1. The van der Waals surface area contributed by atoms with Crippen molar-refractivity contribution >= 4 is 55.0 Å². The van der Waals surface area contributed by atoms with Crippen LogP contribution < -0.4 is 4.90 Å². The van der Waals surface area contributed by atoms with E-state index < -0.39 is 0 Å². The van der Waals surface area contributed by atoms with Crippen molar-refractivity contribution in [3.63, 3.8) is 0 Å². The molecule has 5 nitrogen and oxygen atoms in total. The van der Waals surface area contributed by atoms with Gasteiger partial charge in [-0.05, 0) is 61.4 Å². The highest BCUT2D eigenvalue weighted by Crippen LogP contribution is 2.34. The largest absolute Gasteiger partial charge is 0.282 e. The average Bonchev–Trinajstić information content (AvgIpc) is 3.35. The van der Waals surface area contributed by atoms with E-state index in [1.54, 1.807) is 4.90 Å². The van der Waals surface area contributed by atoms with E-state index >= 15 is 0 Å². The minimum atomic E-state index is -0.0730. The number of nitrogens with zero attached hydrogens (tertiary/aromatic N) is 4. The van der Waals surface area contributed by atoms with E-state index in [9.17, 15) is 4.79 Å². The fourth-order valence-electron chi connectivity index (χ4n) is 4.20. The molecule has 0 fully saturated rings. The van der Waals surface area contributed by atoms with Crippen LogP contribution in [0.1, 0.15) is 27.3 Å². The minimum absolute atomic E-state index is 0.0730. The van der Waals surface area contributed by atoms with Gasteiger partial charge in [-0.1, -0.05) is 59.3 Å². The Kier molecular flexibility index (Phi) is 5.64. The lowest BCUT2D eigenvalue weighted by molar-refractivity contribution is 0.0987. The van der Waals surface area contributed by atoms with Crippen molar-refractivity contribution in [2.75, 3.05) is 11.4 Å². The summed E-state index contributed by atoms with van der Waals surface area (Å²) in [5.74, 6) is -0.0730. The topological polar surface area (TPSA) is 51.0 Å². The number of halogens is 1. The Morgan fingerprint density at radius 2 is 1.85 bits per heavy atom. The van der Waals surface area contributed by atoms with E-state index in [1.807, 2.05) is 86.1 Å². The number of anilines is 1. The Balaban J connectivity index is 1.59. The summed E-state index contributed by atoms with van der Waals surface area (Å²) in [4.78, 5) is 20.6. The SMILES string of the molecule is Cc1cc(C)n(CCN(C(=O)c2cccc3ccccc23)c2nc3c(C)cc(Cl)cc3s2)n1. The van der Waals surface area contributed by atoms with Crippen molar-refractivity contribution in [2.45, 2.75) is 27.3 Å². The second kappa shape index (κ2) is 8.61. The Bertz CT molecular complexity index is 1500. The Morgan fingerprint density at radius 3 is 2.64 bits per heavy atom. The highest BCUT2D eigenvalue weighted by atomic mass is 35.5. The monoisotopic (exact) mass is 474 g/mol. The molecule has 5 aromatic rings. The number of fused-ring (bicyclic) bond motifs is 2. The van der Waals surface area contributed by atoms with Crippen molar-refractivity contribution in [2.24, 2.45) is 0 Å². The van der Waals surface area contributed by atoms with Gasteiger partial charge in [0, 0.05) is 22.8 Å². The van der Waals surface area contributed by atoms with Crippen LogP contribution in [0.5, 0.6) is 0 Å². The first-order chi connectivity index (χ1) is 15.9. The lowest BCUT2D eigenvalue weighted by Crippen LogP contribution is -2.34. The van der Waals surface area contributed by atoms with Gasteiger partial charge in [0.1, 0.15) is 0 Å². The molecule has 3 aromatic carbocycles. The zero-order valence-corrected chi connectivity index (χ0v) is 20.2. The average molecular weight is 475 g/mol. The molecule has 0 bridgehead atoms. The van der Waals surface area contributed by atoms with Gasteiger partial charge in [0.05, 0.1) is 22.5 Å². The highest BCUT2D eigenvalue weighted by Gasteiger charge is 2.23. The second-order valence-electron chi connectivity index (χ2n) is 8.20. The third kappa shape index (κ3) is 4.12. The number of carbonyl (C=O) groups is 1. The van der Waals surface area contributed by atoms with E-state index in [0.29, 0.717) is 28.8 Å². The molecular formula is C26H23ClN4OS. The standard InChI is InChI=1S/C26H23ClN4OS/c1-16-13-20(27)15-23-24(16)28-26(33-23)30(11-12-31-18(3)14-17(2)29-31)25(32)22-10-6-8-19-7-4-5-9-21(19)22/h4-10,13-15H,11-12H2,1-3H3. The molecule has 33 heavy (non-hydrogen) atoms. The van der Waals surface area contributed by atoms with Crippen LogP contribution in [0.3, 0.4) is 0 Å². The van der Waals surface area contributed by atoms with E-state index in [-0.39, 0.29) is 5.91 Å². The molecule has 0 radical (unpaired) electrons. The molecule has 0 atom stereocenters. The summed E-state index contributed by atoms with van der Waals surface area (Å²) in [6, 6.07) is 19.6. The van der Waals surface area contributed by atoms with Crippen molar-refractivity contribution < 1.29 is 4.79 Å². The van der Waals surface area contributed by atoms with Gasteiger partial charge in [0.25, 0.3) is 5.91 Å². The maximum Gasteiger partial charge on any atom is 0.260 e. The maximum atomic E-state index is 13.9. The lowest BCUT2D eigenvalue weighted by Gasteiger charge is -2.21. The van der Waals surface area contributed by atoms with E-state index in [0.717, 1.165) is 37.9 Å². The number of aromatic nitrogens is 3. The molecule has 7 heteroatoms. The van der Waals surface area contributed by atoms with Gasteiger partial charge in [0.2, 0.25) is 0 Å². The van der Waals surface area contributed by atoms with Crippen LogP contribution >= 0.6 is 22.9 Å². The number of rotatable bonds is 5. The molecule has 0 spiro atoms. The first-order valence-electron chi connectivity index (χ1n) is 10.8. The molecular weight excluding hydrogens is 452 g/mol. The van der Waals surface area contributed by atoms with E-state index in [4.69, 9.17) is 16.6 Å². The van der Waals surface area contributed by atoms with Gasteiger partial charge in [-0.15, -0.1) is 0 Å². The van der Waals surface area contributed by atoms with Crippen molar-refractivity contribution in [1.29, 1.82) is 0 Å². The molecule has 166 valence electrons. The Hall–Kier alpha value is -3.22. The van der Waals surface area contributed by atoms with Crippen LogP contribution in [-0.4, -0.2) is 27.2 Å². The molecule has 0 aliphatic heterocycles. The number of hydrogen-bond donors (Lipinski definition) is 0. The Morgan fingerprint density at radius 1 is 1.06 bits per heavy atom. The fraction of sp³-hybridized carbons (Fsp3) is 0.192. The third-order valence-electron chi connectivity index (χ3n) is 5.77. The summed E-state index contributed by atoms with van der Waals surface area (Å²) in [5.41, 5.74) is 4.56. The number of carbonyl (C=O) groups excluding carboxylic acids is 1. The summed E-state index contributed by atoms with van der Waals surface area (Å²) in [7, 11) is 0. The van der Waals surface area contributed by atoms with Crippen LogP contribution in [0.15, 0.2) is 60.7 Å². The number of thiazole rings is 1. The van der Waals surface area contributed by atoms with Crippen LogP contribution in [0.4, 0.5) is 5.13 Å². The molecule has 0 saturated carbocycles. The first kappa shape index (κ1) is 21.6. The number of aryl methyl sites for hydroxylation is 3. The van der Waals surface area contributed by atoms with Crippen LogP contribution in [0.25, 0.3) is 21.0 Å². The number of hydrogen-bond acceptors (Lipinski definition) is 4. The quantitative estimate of drug-likeness (QED) is 0.289. The van der Waals surface area contributed by atoms with E-state index in [2.05, 4.69) is 5.10 Å². The number of benzene rings is 3. The maximum absolute atomic E-state index is 13.9.